The molecule has 0 unspecified atom stereocenters. The summed E-state index contributed by atoms with van der Waals surface area (Å²) in [6.45, 7) is 4.26. The molecule has 0 nitrogen and oxygen atoms in total. The minimum Gasteiger partial charge on any atom is -0.126 e. The number of hydrogen-bond acceptors (Lipinski definition) is 1. The molecular weight excluding hydrogens is 212 g/mol. The monoisotopic (exact) mass is 232 g/mol. The molecule has 1 aliphatic rings. The fraction of sp³-hybridized carbons (Fsp3) is 0.467. The summed E-state index contributed by atoms with van der Waals surface area (Å²) in [5, 5.41) is 0. The van der Waals surface area contributed by atoms with E-state index in [1.54, 1.807) is 0 Å². The van der Waals surface area contributed by atoms with E-state index in [9.17, 15) is 0 Å². The second kappa shape index (κ2) is 6.15. The lowest BCUT2D eigenvalue weighted by Crippen LogP contribution is -2.06. The molecular formula is C15H20S. The zero-order chi connectivity index (χ0) is 11.2. The van der Waals surface area contributed by atoms with E-state index in [1.807, 2.05) is 11.8 Å². The second-order valence-corrected chi connectivity index (χ2v) is 5.68. The van der Waals surface area contributed by atoms with Gasteiger partial charge in [-0.3, -0.25) is 0 Å². The predicted octanol–water partition coefficient (Wildman–Crippen LogP) is 5.01. The SMILES string of the molecule is C=C(SCc1ccccc1)C1CCCCC1. The van der Waals surface area contributed by atoms with Crippen LogP contribution >= 0.6 is 11.8 Å². The van der Waals surface area contributed by atoms with Gasteiger partial charge in [0.2, 0.25) is 0 Å². The third-order valence-electron chi connectivity index (χ3n) is 3.33. The molecule has 1 aliphatic carbocycles. The number of hydrogen-bond donors (Lipinski definition) is 0. The molecule has 2 rings (SSSR count). The number of allylic oxidation sites excluding steroid dienone is 1. The zero-order valence-corrected chi connectivity index (χ0v) is 10.6. The van der Waals surface area contributed by atoms with E-state index in [-0.39, 0.29) is 0 Å². The van der Waals surface area contributed by atoms with Crippen molar-refractivity contribution in [3.05, 3.63) is 47.4 Å². The second-order valence-electron chi connectivity index (χ2n) is 4.58. The third-order valence-corrected chi connectivity index (χ3v) is 4.51. The molecule has 1 saturated carbocycles. The van der Waals surface area contributed by atoms with E-state index in [2.05, 4.69) is 36.9 Å². The minimum atomic E-state index is 0.780. The smallest absolute Gasteiger partial charge is 0.0228 e. The van der Waals surface area contributed by atoms with Crippen LogP contribution in [0.15, 0.2) is 41.8 Å². The van der Waals surface area contributed by atoms with Crippen molar-refractivity contribution >= 4 is 11.8 Å². The maximum Gasteiger partial charge on any atom is 0.0228 e. The van der Waals surface area contributed by atoms with E-state index in [0.717, 1.165) is 11.7 Å². The number of thioether (sulfide) groups is 1. The van der Waals surface area contributed by atoms with Crippen molar-refractivity contribution < 1.29 is 0 Å². The highest BCUT2D eigenvalue weighted by Gasteiger charge is 2.16. The fourth-order valence-electron chi connectivity index (χ4n) is 2.29. The molecule has 1 fully saturated rings. The summed E-state index contributed by atoms with van der Waals surface area (Å²) in [7, 11) is 0. The summed E-state index contributed by atoms with van der Waals surface area (Å²) in [5.41, 5.74) is 1.41. The molecule has 86 valence electrons. The van der Waals surface area contributed by atoms with Crippen LogP contribution in [0.2, 0.25) is 0 Å². The van der Waals surface area contributed by atoms with Crippen LogP contribution in [-0.4, -0.2) is 0 Å². The lowest BCUT2D eigenvalue weighted by atomic mass is 9.89. The molecule has 0 amide bonds. The highest BCUT2D eigenvalue weighted by molar-refractivity contribution is 8.02. The number of benzene rings is 1. The van der Waals surface area contributed by atoms with Gasteiger partial charge in [0.1, 0.15) is 0 Å². The standard InChI is InChI=1S/C15H20S/c1-13(15-10-6-3-7-11-15)16-12-14-8-4-2-5-9-14/h2,4-5,8-9,15H,1,3,6-7,10-12H2. The van der Waals surface area contributed by atoms with Gasteiger partial charge >= 0.3 is 0 Å². The Bertz CT molecular complexity index is 323. The van der Waals surface area contributed by atoms with E-state index in [0.29, 0.717) is 0 Å². The van der Waals surface area contributed by atoms with Gasteiger partial charge in [0.25, 0.3) is 0 Å². The lowest BCUT2D eigenvalue weighted by molar-refractivity contribution is 0.415. The normalized spacial score (nSPS) is 17.2. The molecule has 0 aromatic heterocycles. The first-order chi connectivity index (χ1) is 7.86. The van der Waals surface area contributed by atoms with Gasteiger partial charge in [0.05, 0.1) is 0 Å². The molecule has 0 aliphatic heterocycles. The van der Waals surface area contributed by atoms with Gasteiger partial charge < -0.3 is 0 Å². The topological polar surface area (TPSA) is 0 Å². The Morgan fingerprint density at radius 3 is 2.50 bits per heavy atom. The Labute approximate surface area is 103 Å². The van der Waals surface area contributed by atoms with Crippen LogP contribution in [0.3, 0.4) is 0 Å². The van der Waals surface area contributed by atoms with E-state index in [4.69, 9.17) is 0 Å². The maximum atomic E-state index is 4.26. The van der Waals surface area contributed by atoms with E-state index in [1.165, 1.54) is 42.6 Å². The summed E-state index contributed by atoms with van der Waals surface area (Å²) in [6, 6.07) is 10.7. The molecule has 0 radical (unpaired) electrons. The molecule has 0 bridgehead atoms. The Morgan fingerprint density at radius 1 is 1.12 bits per heavy atom. The van der Waals surface area contributed by atoms with Crippen molar-refractivity contribution in [3.8, 4) is 0 Å². The molecule has 1 heteroatoms. The van der Waals surface area contributed by atoms with Crippen molar-refractivity contribution in [2.45, 2.75) is 37.9 Å². The predicted molar refractivity (Wildman–Crippen MR) is 73.5 cm³/mol. The molecule has 0 atom stereocenters. The summed E-state index contributed by atoms with van der Waals surface area (Å²) in [6.07, 6.45) is 6.94. The van der Waals surface area contributed by atoms with Gasteiger partial charge in [-0.1, -0.05) is 56.2 Å². The van der Waals surface area contributed by atoms with Crippen LogP contribution in [0, 0.1) is 5.92 Å². The summed E-state index contributed by atoms with van der Waals surface area (Å²) in [4.78, 5) is 1.41. The van der Waals surface area contributed by atoms with Crippen molar-refractivity contribution in [2.24, 2.45) is 5.92 Å². The molecule has 1 aromatic rings. The molecule has 1 aromatic carbocycles. The summed E-state index contributed by atoms with van der Waals surface area (Å²) in [5.74, 6) is 1.86. The molecule has 0 N–H and O–H groups in total. The highest BCUT2D eigenvalue weighted by Crippen LogP contribution is 2.35. The average molecular weight is 232 g/mol. The average Bonchev–Trinajstić information content (AvgIpc) is 2.38. The van der Waals surface area contributed by atoms with Crippen LogP contribution < -0.4 is 0 Å². The van der Waals surface area contributed by atoms with E-state index < -0.39 is 0 Å². The summed E-state index contributed by atoms with van der Waals surface area (Å²) >= 11 is 1.94. The Balaban J connectivity index is 1.79. The van der Waals surface area contributed by atoms with Gasteiger partial charge in [0, 0.05) is 5.75 Å². The maximum absolute atomic E-state index is 4.26. The Morgan fingerprint density at radius 2 is 1.81 bits per heavy atom. The van der Waals surface area contributed by atoms with Crippen LogP contribution in [0.25, 0.3) is 0 Å². The van der Waals surface area contributed by atoms with Crippen LogP contribution in [0.4, 0.5) is 0 Å². The van der Waals surface area contributed by atoms with Gasteiger partial charge in [-0.2, -0.15) is 0 Å². The highest BCUT2D eigenvalue weighted by atomic mass is 32.2. The van der Waals surface area contributed by atoms with Gasteiger partial charge in [-0.15, -0.1) is 11.8 Å². The first kappa shape index (κ1) is 11.8. The number of rotatable bonds is 4. The molecule has 16 heavy (non-hydrogen) atoms. The van der Waals surface area contributed by atoms with Crippen molar-refractivity contribution in [1.29, 1.82) is 0 Å². The van der Waals surface area contributed by atoms with E-state index >= 15 is 0 Å². The molecule has 0 spiro atoms. The molecule has 0 saturated heterocycles. The van der Waals surface area contributed by atoms with Crippen LogP contribution in [0.5, 0.6) is 0 Å². The van der Waals surface area contributed by atoms with Crippen molar-refractivity contribution in [1.82, 2.24) is 0 Å². The molecule has 0 heterocycles. The zero-order valence-electron chi connectivity index (χ0n) is 9.82. The van der Waals surface area contributed by atoms with Crippen molar-refractivity contribution in [2.75, 3.05) is 0 Å². The minimum absolute atomic E-state index is 0.780. The van der Waals surface area contributed by atoms with Crippen LogP contribution in [-0.2, 0) is 5.75 Å². The quantitative estimate of drug-likeness (QED) is 0.703. The summed E-state index contributed by atoms with van der Waals surface area (Å²) < 4.78 is 0. The van der Waals surface area contributed by atoms with Crippen molar-refractivity contribution in [3.63, 3.8) is 0 Å². The Hall–Kier alpha value is -0.690. The van der Waals surface area contributed by atoms with Crippen LogP contribution in [0.1, 0.15) is 37.7 Å². The third kappa shape index (κ3) is 3.41. The lowest BCUT2D eigenvalue weighted by Gasteiger charge is -2.23. The van der Waals surface area contributed by atoms with Gasteiger partial charge in [-0.25, -0.2) is 0 Å². The first-order valence-electron chi connectivity index (χ1n) is 6.22. The van der Waals surface area contributed by atoms with Gasteiger partial charge in [0.15, 0.2) is 0 Å². The fourth-order valence-corrected chi connectivity index (χ4v) is 3.31. The largest absolute Gasteiger partial charge is 0.126 e. The Kier molecular flexibility index (Phi) is 4.53. The first-order valence-corrected chi connectivity index (χ1v) is 7.20. The van der Waals surface area contributed by atoms with Gasteiger partial charge in [-0.05, 0) is 29.2 Å².